The molecule has 0 aromatic heterocycles. The third kappa shape index (κ3) is 4.25. The van der Waals surface area contributed by atoms with Crippen LogP contribution < -0.4 is 5.32 Å². The quantitative estimate of drug-likeness (QED) is 0.794. The van der Waals surface area contributed by atoms with Crippen LogP contribution in [0.1, 0.15) is 42.1 Å². The SMILES string of the molecule is CC1CCCCN1Cc1ccc(NC(=O)c2ccccc2Br)cc1. The number of nitrogens with zero attached hydrogens (tertiary/aromatic N) is 1. The van der Waals surface area contributed by atoms with E-state index in [1.165, 1.54) is 31.4 Å². The zero-order valence-electron chi connectivity index (χ0n) is 14.0. The van der Waals surface area contributed by atoms with Crippen LogP contribution in [0.15, 0.2) is 53.0 Å². The van der Waals surface area contributed by atoms with Crippen molar-refractivity contribution in [2.45, 2.75) is 38.8 Å². The Morgan fingerprint density at radius 2 is 1.92 bits per heavy atom. The van der Waals surface area contributed by atoms with Crippen LogP contribution in [0.3, 0.4) is 0 Å². The Balaban J connectivity index is 1.62. The van der Waals surface area contributed by atoms with Crippen molar-refractivity contribution in [1.82, 2.24) is 4.90 Å². The molecule has 0 spiro atoms. The molecule has 1 N–H and O–H groups in total. The molecule has 3 nitrogen and oxygen atoms in total. The van der Waals surface area contributed by atoms with Crippen molar-refractivity contribution in [3.63, 3.8) is 0 Å². The number of nitrogens with one attached hydrogen (secondary N) is 1. The third-order valence-electron chi connectivity index (χ3n) is 4.66. The summed E-state index contributed by atoms with van der Waals surface area (Å²) in [5.41, 5.74) is 2.76. The fourth-order valence-corrected chi connectivity index (χ4v) is 3.63. The molecule has 1 unspecified atom stereocenters. The molecule has 1 amide bonds. The second-order valence-electron chi connectivity index (χ2n) is 6.45. The minimum atomic E-state index is -0.0973. The smallest absolute Gasteiger partial charge is 0.256 e. The summed E-state index contributed by atoms with van der Waals surface area (Å²) in [6, 6.07) is 16.3. The number of amides is 1. The second kappa shape index (κ2) is 7.95. The van der Waals surface area contributed by atoms with Gasteiger partial charge >= 0.3 is 0 Å². The standard InChI is InChI=1S/C20H23BrN2O/c1-15-6-4-5-13-23(15)14-16-9-11-17(12-10-16)22-20(24)18-7-2-3-8-19(18)21/h2-3,7-12,15H,4-6,13-14H2,1H3,(H,22,24). The third-order valence-corrected chi connectivity index (χ3v) is 5.35. The van der Waals surface area contributed by atoms with Crippen molar-refractivity contribution in [3.8, 4) is 0 Å². The summed E-state index contributed by atoms with van der Waals surface area (Å²) in [5, 5.41) is 2.96. The molecule has 0 radical (unpaired) electrons. The van der Waals surface area contributed by atoms with Crippen LogP contribution in [0.25, 0.3) is 0 Å². The van der Waals surface area contributed by atoms with Gasteiger partial charge in [0.2, 0.25) is 0 Å². The lowest BCUT2D eigenvalue weighted by Crippen LogP contribution is -2.36. The van der Waals surface area contributed by atoms with Gasteiger partial charge in [-0.2, -0.15) is 0 Å². The first-order valence-electron chi connectivity index (χ1n) is 8.52. The van der Waals surface area contributed by atoms with Gasteiger partial charge in [0.15, 0.2) is 0 Å². The van der Waals surface area contributed by atoms with Gasteiger partial charge in [0.25, 0.3) is 5.91 Å². The number of rotatable bonds is 4. The van der Waals surface area contributed by atoms with E-state index in [1.54, 1.807) is 0 Å². The summed E-state index contributed by atoms with van der Waals surface area (Å²) in [6.45, 7) is 4.48. The maximum atomic E-state index is 12.3. The van der Waals surface area contributed by atoms with Crippen molar-refractivity contribution < 1.29 is 4.79 Å². The van der Waals surface area contributed by atoms with Gasteiger partial charge < -0.3 is 5.32 Å². The molecule has 3 rings (SSSR count). The van der Waals surface area contributed by atoms with E-state index in [0.29, 0.717) is 11.6 Å². The Bertz CT molecular complexity index is 699. The molecule has 1 atom stereocenters. The lowest BCUT2D eigenvalue weighted by molar-refractivity contribution is 0.102. The van der Waals surface area contributed by atoms with Crippen LogP contribution in [-0.2, 0) is 6.54 Å². The van der Waals surface area contributed by atoms with Gasteiger partial charge in [-0.1, -0.05) is 30.7 Å². The number of hydrogen-bond donors (Lipinski definition) is 1. The normalized spacial score (nSPS) is 18.3. The van der Waals surface area contributed by atoms with Crippen molar-refractivity contribution in [2.75, 3.05) is 11.9 Å². The lowest BCUT2D eigenvalue weighted by Gasteiger charge is -2.33. The average molecular weight is 387 g/mol. The summed E-state index contributed by atoms with van der Waals surface area (Å²) in [4.78, 5) is 14.9. The fraction of sp³-hybridized carbons (Fsp3) is 0.350. The Morgan fingerprint density at radius 3 is 2.62 bits per heavy atom. The van der Waals surface area contributed by atoms with Gasteiger partial charge in [-0.25, -0.2) is 0 Å². The molecule has 1 heterocycles. The molecule has 4 heteroatoms. The zero-order valence-corrected chi connectivity index (χ0v) is 15.6. The Kier molecular flexibility index (Phi) is 5.69. The molecular formula is C20H23BrN2O. The van der Waals surface area contributed by atoms with E-state index in [4.69, 9.17) is 0 Å². The second-order valence-corrected chi connectivity index (χ2v) is 7.30. The van der Waals surface area contributed by atoms with Gasteiger partial charge in [-0.05, 0) is 72.1 Å². The number of carbonyl (C=O) groups is 1. The first kappa shape index (κ1) is 17.2. The molecule has 1 fully saturated rings. The minimum absolute atomic E-state index is 0.0973. The lowest BCUT2D eigenvalue weighted by atomic mass is 10.0. The molecule has 0 bridgehead atoms. The molecule has 1 saturated heterocycles. The molecule has 0 saturated carbocycles. The van der Waals surface area contributed by atoms with Crippen molar-refractivity contribution >= 4 is 27.5 Å². The van der Waals surface area contributed by atoms with Crippen molar-refractivity contribution in [2.24, 2.45) is 0 Å². The van der Waals surface area contributed by atoms with Crippen LogP contribution in [0.2, 0.25) is 0 Å². The zero-order chi connectivity index (χ0) is 16.9. The fourth-order valence-electron chi connectivity index (χ4n) is 3.16. The Hall–Kier alpha value is -1.65. The van der Waals surface area contributed by atoms with Crippen LogP contribution >= 0.6 is 15.9 Å². The van der Waals surface area contributed by atoms with E-state index in [0.717, 1.165) is 16.7 Å². The summed E-state index contributed by atoms with van der Waals surface area (Å²) in [5.74, 6) is -0.0973. The number of benzene rings is 2. The molecular weight excluding hydrogens is 364 g/mol. The maximum absolute atomic E-state index is 12.3. The molecule has 2 aromatic rings. The van der Waals surface area contributed by atoms with Crippen LogP contribution in [-0.4, -0.2) is 23.4 Å². The molecule has 24 heavy (non-hydrogen) atoms. The first-order chi connectivity index (χ1) is 11.6. The van der Waals surface area contributed by atoms with Crippen LogP contribution in [0.5, 0.6) is 0 Å². The first-order valence-corrected chi connectivity index (χ1v) is 9.31. The Morgan fingerprint density at radius 1 is 1.17 bits per heavy atom. The molecule has 126 valence electrons. The highest BCUT2D eigenvalue weighted by Gasteiger charge is 2.18. The van der Waals surface area contributed by atoms with E-state index in [1.807, 2.05) is 36.4 Å². The number of carbonyl (C=O) groups excluding carboxylic acids is 1. The predicted octanol–water partition coefficient (Wildman–Crippen LogP) is 5.08. The van der Waals surface area contributed by atoms with Gasteiger partial charge in [-0.15, -0.1) is 0 Å². The van der Waals surface area contributed by atoms with Crippen LogP contribution in [0.4, 0.5) is 5.69 Å². The molecule has 2 aromatic carbocycles. The number of hydrogen-bond acceptors (Lipinski definition) is 2. The number of piperidine rings is 1. The number of halogens is 1. The largest absolute Gasteiger partial charge is 0.322 e. The van der Waals surface area contributed by atoms with Gasteiger partial charge in [0.1, 0.15) is 0 Å². The van der Waals surface area contributed by atoms with Gasteiger partial charge in [0, 0.05) is 22.7 Å². The number of likely N-dealkylation sites (tertiary alicyclic amines) is 1. The number of anilines is 1. The topological polar surface area (TPSA) is 32.3 Å². The summed E-state index contributed by atoms with van der Waals surface area (Å²) in [6.07, 6.45) is 3.93. The summed E-state index contributed by atoms with van der Waals surface area (Å²) < 4.78 is 0.804. The van der Waals surface area contributed by atoms with Crippen molar-refractivity contribution in [3.05, 3.63) is 64.1 Å². The molecule has 0 aliphatic carbocycles. The highest BCUT2D eigenvalue weighted by Crippen LogP contribution is 2.21. The van der Waals surface area contributed by atoms with E-state index in [2.05, 4.69) is 45.2 Å². The van der Waals surface area contributed by atoms with Gasteiger partial charge in [-0.3, -0.25) is 9.69 Å². The highest BCUT2D eigenvalue weighted by atomic mass is 79.9. The molecule has 1 aliphatic rings. The highest BCUT2D eigenvalue weighted by molar-refractivity contribution is 9.10. The van der Waals surface area contributed by atoms with Gasteiger partial charge in [0.05, 0.1) is 5.56 Å². The van der Waals surface area contributed by atoms with Crippen LogP contribution in [0, 0.1) is 0 Å². The van der Waals surface area contributed by atoms with E-state index < -0.39 is 0 Å². The van der Waals surface area contributed by atoms with Crippen molar-refractivity contribution in [1.29, 1.82) is 0 Å². The molecule has 1 aliphatic heterocycles. The summed E-state index contributed by atoms with van der Waals surface area (Å²) >= 11 is 3.42. The van der Waals surface area contributed by atoms with E-state index in [-0.39, 0.29) is 5.91 Å². The monoisotopic (exact) mass is 386 g/mol. The summed E-state index contributed by atoms with van der Waals surface area (Å²) in [7, 11) is 0. The minimum Gasteiger partial charge on any atom is -0.322 e. The van der Waals surface area contributed by atoms with E-state index in [9.17, 15) is 4.79 Å². The Labute approximate surface area is 152 Å². The average Bonchev–Trinajstić information content (AvgIpc) is 2.59. The maximum Gasteiger partial charge on any atom is 0.256 e. The van der Waals surface area contributed by atoms with E-state index >= 15 is 0 Å². The predicted molar refractivity (Wildman–Crippen MR) is 102 cm³/mol.